The number of aliphatic hydroxyl groups excluding tert-OH is 1. The molecule has 0 heterocycles. The molecular weight excluding hydrogens is 756 g/mol. The Morgan fingerprint density at radius 2 is 0.915 bits per heavy atom. The first kappa shape index (κ1) is 58.0. The van der Waals surface area contributed by atoms with Gasteiger partial charge in [0, 0.05) is 6.42 Å². The Hall–Kier alpha value is -1.02. The zero-order valence-corrected chi connectivity index (χ0v) is 40.7. The molecule has 0 aromatic rings. The van der Waals surface area contributed by atoms with Crippen molar-refractivity contribution in [2.75, 3.05) is 40.9 Å². The molecule has 0 saturated heterocycles. The molecule has 0 aromatic carbocycles. The lowest BCUT2D eigenvalue weighted by atomic mass is 10.0. The predicted octanol–water partition coefficient (Wildman–Crippen LogP) is 14.5. The molecule has 0 aliphatic carbocycles. The average Bonchev–Trinajstić information content (AvgIpc) is 3.19. The predicted molar refractivity (Wildman–Crippen MR) is 254 cm³/mol. The molecule has 1 amide bonds. The standard InChI is InChI=1S/C50H99N2O6P/c1-6-8-10-12-14-16-18-20-21-22-23-24-25-26-27-28-29-30-31-32-33-35-37-39-41-43-49(53)48(47-58-59(55,56)57-46-45-52(3,4)5)51-50(54)44-42-40-38-36-34-19-17-15-13-11-9-7-2/h15,17,41,43,48-49,53H,6-14,16,18-40,42,44-47H2,1-5H3,(H-,51,54,55,56)/p+1/b17-15-,43-41+. The Morgan fingerprint density at radius 3 is 1.34 bits per heavy atom. The van der Waals surface area contributed by atoms with E-state index in [1.54, 1.807) is 6.08 Å². The van der Waals surface area contributed by atoms with E-state index in [1.807, 2.05) is 27.2 Å². The third-order valence-electron chi connectivity index (χ3n) is 11.4. The Kier molecular flexibility index (Phi) is 41.6. The molecule has 0 aromatic heterocycles. The number of rotatable bonds is 46. The maximum atomic E-state index is 12.9. The van der Waals surface area contributed by atoms with E-state index in [1.165, 1.54) is 167 Å². The zero-order chi connectivity index (χ0) is 43.6. The van der Waals surface area contributed by atoms with Crippen molar-refractivity contribution in [2.24, 2.45) is 0 Å². The van der Waals surface area contributed by atoms with Gasteiger partial charge < -0.3 is 19.8 Å². The summed E-state index contributed by atoms with van der Waals surface area (Å²) in [5, 5.41) is 13.9. The second kappa shape index (κ2) is 42.3. The number of phosphoric ester groups is 1. The Labute approximate surface area is 366 Å². The number of phosphoric acid groups is 1. The van der Waals surface area contributed by atoms with Gasteiger partial charge in [0.15, 0.2) is 0 Å². The minimum atomic E-state index is -4.34. The van der Waals surface area contributed by atoms with Crippen molar-refractivity contribution in [2.45, 2.75) is 251 Å². The zero-order valence-electron chi connectivity index (χ0n) is 39.8. The molecule has 350 valence electrons. The molecule has 9 heteroatoms. The van der Waals surface area contributed by atoms with Crippen LogP contribution in [0.25, 0.3) is 0 Å². The molecule has 0 spiro atoms. The van der Waals surface area contributed by atoms with Crippen molar-refractivity contribution in [3.05, 3.63) is 24.3 Å². The Bertz CT molecular complexity index is 1020. The van der Waals surface area contributed by atoms with Crippen LogP contribution in [0.5, 0.6) is 0 Å². The molecule has 0 aliphatic rings. The highest BCUT2D eigenvalue weighted by atomic mass is 31.2. The number of likely N-dealkylation sites (N-methyl/N-ethyl adjacent to an activating group) is 1. The number of hydrogen-bond donors (Lipinski definition) is 3. The molecule has 8 nitrogen and oxygen atoms in total. The van der Waals surface area contributed by atoms with E-state index in [-0.39, 0.29) is 19.1 Å². The van der Waals surface area contributed by atoms with Gasteiger partial charge in [-0.15, -0.1) is 0 Å². The first-order valence-corrected chi connectivity index (χ1v) is 26.7. The van der Waals surface area contributed by atoms with Gasteiger partial charge in [0.05, 0.1) is 39.9 Å². The average molecular weight is 856 g/mol. The third kappa shape index (κ3) is 44.8. The molecule has 3 atom stereocenters. The van der Waals surface area contributed by atoms with Gasteiger partial charge in [-0.05, 0) is 44.9 Å². The van der Waals surface area contributed by atoms with Crippen LogP contribution >= 0.6 is 7.82 Å². The summed E-state index contributed by atoms with van der Waals surface area (Å²) in [4.78, 5) is 23.1. The fourth-order valence-electron chi connectivity index (χ4n) is 7.39. The summed E-state index contributed by atoms with van der Waals surface area (Å²) in [6, 6.07) is -0.847. The van der Waals surface area contributed by atoms with E-state index in [0.29, 0.717) is 17.4 Å². The van der Waals surface area contributed by atoms with Crippen LogP contribution in [0.4, 0.5) is 0 Å². The van der Waals surface area contributed by atoms with Crippen molar-refractivity contribution >= 4 is 13.7 Å². The number of amides is 1. The van der Waals surface area contributed by atoms with Gasteiger partial charge in [-0.3, -0.25) is 13.8 Å². The van der Waals surface area contributed by atoms with Crippen LogP contribution in [0.15, 0.2) is 24.3 Å². The molecule has 3 unspecified atom stereocenters. The summed E-state index contributed by atoms with van der Waals surface area (Å²) < 4.78 is 23.6. The van der Waals surface area contributed by atoms with Crippen molar-refractivity contribution in [1.82, 2.24) is 5.32 Å². The van der Waals surface area contributed by atoms with Crippen molar-refractivity contribution in [3.63, 3.8) is 0 Å². The van der Waals surface area contributed by atoms with Crippen molar-refractivity contribution in [3.8, 4) is 0 Å². The minimum absolute atomic E-state index is 0.0611. The van der Waals surface area contributed by atoms with Gasteiger partial charge in [0.2, 0.25) is 5.91 Å². The van der Waals surface area contributed by atoms with E-state index in [4.69, 9.17) is 9.05 Å². The van der Waals surface area contributed by atoms with Gasteiger partial charge >= 0.3 is 7.82 Å². The van der Waals surface area contributed by atoms with Crippen LogP contribution < -0.4 is 5.32 Å². The van der Waals surface area contributed by atoms with Gasteiger partial charge in [0.25, 0.3) is 0 Å². The summed E-state index contributed by atoms with van der Waals surface area (Å²) in [5.41, 5.74) is 0. The number of allylic oxidation sites excluding steroid dienone is 3. The van der Waals surface area contributed by atoms with E-state index in [0.717, 1.165) is 51.4 Å². The van der Waals surface area contributed by atoms with E-state index < -0.39 is 20.0 Å². The molecule has 59 heavy (non-hydrogen) atoms. The number of hydrogen-bond acceptors (Lipinski definition) is 5. The SMILES string of the molecule is CCCCC/C=C\CCCCCCCC(=O)NC(COP(=O)(O)OCC[N+](C)(C)C)C(O)/C=C/CCCCCCCCCCCCCCCCCCCCCCCCC. The third-order valence-corrected chi connectivity index (χ3v) is 12.4. The van der Waals surface area contributed by atoms with Gasteiger partial charge in [0.1, 0.15) is 13.2 Å². The molecule has 3 N–H and O–H groups in total. The maximum Gasteiger partial charge on any atom is 0.472 e. The first-order chi connectivity index (χ1) is 28.5. The summed E-state index contributed by atoms with van der Waals surface area (Å²) >= 11 is 0. The largest absolute Gasteiger partial charge is 0.472 e. The summed E-state index contributed by atoms with van der Waals surface area (Å²) in [6.45, 7) is 4.80. The second-order valence-electron chi connectivity index (χ2n) is 18.5. The highest BCUT2D eigenvalue weighted by Gasteiger charge is 2.27. The molecule has 0 rings (SSSR count). The number of aliphatic hydroxyl groups is 1. The van der Waals surface area contributed by atoms with Gasteiger partial charge in [-0.2, -0.15) is 0 Å². The number of nitrogens with one attached hydrogen (secondary N) is 1. The molecular formula is C50H100N2O6P+. The van der Waals surface area contributed by atoms with Gasteiger partial charge in [-0.1, -0.05) is 212 Å². The number of quaternary nitrogens is 1. The number of carbonyl (C=O) groups excluding carboxylic acids is 1. The lowest BCUT2D eigenvalue weighted by Crippen LogP contribution is -2.45. The van der Waals surface area contributed by atoms with Crippen molar-refractivity contribution < 1.29 is 32.9 Å². The molecule has 0 aliphatic heterocycles. The minimum Gasteiger partial charge on any atom is -0.387 e. The Balaban J connectivity index is 4.21. The molecule has 0 fully saturated rings. The second-order valence-corrected chi connectivity index (χ2v) is 20.0. The molecule has 0 bridgehead atoms. The Morgan fingerprint density at radius 1 is 0.559 bits per heavy atom. The molecule has 0 radical (unpaired) electrons. The van der Waals surface area contributed by atoms with Crippen LogP contribution in [0.2, 0.25) is 0 Å². The highest BCUT2D eigenvalue weighted by molar-refractivity contribution is 7.47. The lowest BCUT2D eigenvalue weighted by Gasteiger charge is -2.25. The fraction of sp³-hybridized carbons (Fsp3) is 0.900. The fourth-order valence-corrected chi connectivity index (χ4v) is 8.13. The normalized spacial score (nSPS) is 14.4. The van der Waals surface area contributed by atoms with Crippen molar-refractivity contribution in [1.29, 1.82) is 0 Å². The van der Waals surface area contributed by atoms with Crippen LogP contribution in [-0.4, -0.2) is 73.4 Å². The van der Waals surface area contributed by atoms with E-state index in [2.05, 4.69) is 31.3 Å². The van der Waals surface area contributed by atoms with Crippen LogP contribution in [-0.2, 0) is 18.4 Å². The number of carbonyl (C=O) groups is 1. The number of nitrogens with zero attached hydrogens (tertiary/aromatic N) is 1. The maximum absolute atomic E-state index is 12.9. The van der Waals surface area contributed by atoms with Crippen LogP contribution in [0.1, 0.15) is 239 Å². The quantitative estimate of drug-likeness (QED) is 0.0244. The topological polar surface area (TPSA) is 105 Å². The van der Waals surface area contributed by atoms with Crippen LogP contribution in [0.3, 0.4) is 0 Å². The summed E-state index contributed by atoms with van der Waals surface area (Å²) in [7, 11) is 1.57. The summed E-state index contributed by atoms with van der Waals surface area (Å²) in [6.07, 6.45) is 51.2. The summed E-state index contributed by atoms with van der Waals surface area (Å²) in [5.74, 6) is -0.186. The highest BCUT2D eigenvalue weighted by Crippen LogP contribution is 2.43. The van der Waals surface area contributed by atoms with Crippen LogP contribution in [0, 0.1) is 0 Å². The number of unbranched alkanes of at least 4 members (excludes halogenated alkanes) is 31. The first-order valence-electron chi connectivity index (χ1n) is 25.2. The lowest BCUT2D eigenvalue weighted by molar-refractivity contribution is -0.870. The molecule has 0 saturated carbocycles. The van der Waals surface area contributed by atoms with Gasteiger partial charge in [-0.25, -0.2) is 4.57 Å². The van der Waals surface area contributed by atoms with E-state index >= 15 is 0 Å². The monoisotopic (exact) mass is 856 g/mol. The smallest absolute Gasteiger partial charge is 0.387 e. The van der Waals surface area contributed by atoms with E-state index in [9.17, 15) is 19.4 Å².